The number of aliphatic hydroxyl groups is 1. The van der Waals surface area contributed by atoms with E-state index in [1.165, 1.54) is 0 Å². The zero-order chi connectivity index (χ0) is 18.9. The van der Waals surface area contributed by atoms with E-state index in [1.54, 1.807) is 0 Å². The summed E-state index contributed by atoms with van der Waals surface area (Å²) in [5.41, 5.74) is 0. The van der Waals surface area contributed by atoms with E-state index in [4.69, 9.17) is 14.2 Å². The molecule has 0 fully saturated rings. The van der Waals surface area contributed by atoms with Crippen molar-refractivity contribution >= 4 is 30.2 Å². The average Bonchev–Trinajstić information content (AvgIpc) is 2.45. The largest absolute Gasteiger partial charge is 0.463 e. The minimum Gasteiger partial charge on any atom is -0.463 e. The molecule has 4 atom stereocenters. The Morgan fingerprint density at radius 3 is 1.67 bits per heavy atom. The lowest BCUT2D eigenvalue weighted by Gasteiger charge is -2.31. The van der Waals surface area contributed by atoms with E-state index < -0.39 is 54.9 Å². The molecule has 10 nitrogen and oxygen atoms in total. The van der Waals surface area contributed by atoms with Crippen molar-refractivity contribution in [1.29, 1.82) is 0 Å². The molecule has 0 spiro atoms. The lowest BCUT2D eigenvalue weighted by molar-refractivity contribution is -0.195. The molecule has 0 saturated carbocycles. The molecule has 10 heteroatoms. The number of carbonyl (C=O) groups is 5. The first-order chi connectivity index (χ1) is 11.1. The highest BCUT2D eigenvalue weighted by atomic mass is 16.6. The number of hydrogen-bond donors (Lipinski definition) is 1. The van der Waals surface area contributed by atoms with Gasteiger partial charge in [-0.2, -0.15) is 0 Å². The minimum atomic E-state index is -1.64. The van der Waals surface area contributed by atoms with Crippen molar-refractivity contribution in [3.63, 3.8) is 0 Å². The first kappa shape index (κ1) is 21.5. The van der Waals surface area contributed by atoms with Crippen LogP contribution in [0.3, 0.4) is 0 Å². The Morgan fingerprint density at radius 1 is 0.833 bits per heavy atom. The predicted molar refractivity (Wildman–Crippen MR) is 75.4 cm³/mol. The molecule has 0 aliphatic rings. The van der Waals surface area contributed by atoms with Gasteiger partial charge in [0.05, 0.1) is 0 Å². The third-order valence-corrected chi connectivity index (χ3v) is 2.52. The normalized spacial score (nSPS) is 15.2. The Hall–Kier alpha value is -2.49. The summed E-state index contributed by atoms with van der Waals surface area (Å²) in [6.07, 6.45) is -6.36. The van der Waals surface area contributed by atoms with Crippen LogP contribution in [0, 0.1) is 0 Å². The number of aldehydes is 1. The Balaban J connectivity index is 5.55. The number of ether oxygens (including phenoxy) is 4. The van der Waals surface area contributed by atoms with E-state index >= 15 is 0 Å². The van der Waals surface area contributed by atoms with Crippen LogP contribution in [0.5, 0.6) is 0 Å². The fourth-order valence-corrected chi connectivity index (χ4v) is 1.73. The molecule has 0 aromatic carbocycles. The van der Waals surface area contributed by atoms with Crippen molar-refractivity contribution < 1.29 is 48.0 Å². The van der Waals surface area contributed by atoms with Crippen LogP contribution in [0.4, 0.5) is 0 Å². The average molecular weight is 348 g/mol. The summed E-state index contributed by atoms with van der Waals surface area (Å²) >= 11 is 0. The molecule has 0 amide bonds. The lowest BCUT2D eigenvalue weighted by Crippen LogP contribution is -2.52. The van der Waals surface area contributed by atoms with Gasteiger partial charge in [-0.15, -0.1) is 0 Å². The summed E-state index contributed by atoms with van der Waals surface area (Å²) < 4.78 is 19.0. The molecule has 136 valence electrons. The first-order valence-electron chi connectivity index (χ1n) is 6.86. The van der Waals surface area contributed by atoms with Crippen LogP contribution in [-0.4, -0.2) is 66.3 Å². The van der Waals surface area contributed by atoms with Crippen molar-refractivity contribution in [2.24, 2.45) is 0 Å². The molecule has 1 N–H and O–H groups in total. The standard InChI is InChI=1S/C14H20O10/c1-7(16)21-6-11(20)13(23-9(3)18)14(24-10(4)19)12(5-15)22-8(2)17/h5,11-14,20H,6H2,1-4H3/t11-,12-,13-,14-/m1/s1. The second-order valence-corrected chi connectivity index (χ2v) is 4.73. The molecule has 0 bridgehead atoms. The molecule has 0 unspecified atom stereocenters. The zero-order valence-electron chi connectivity index (χ0n) is 13.7. The molecular formula is C14H20O10. The van der Waals surface area contributed by atoms with Gasteiger partial charge >= 0.3 is 23.9 Å². The molecule has 0 rings (SSSR count). The fourth-order valence-electron chi connectivity index (χ4n) is 1.73. The maximum absolute atomic E-state index is 11.3. The highest BCUT2D eigenvalue weighted by Crippen LogP contribution is 2.17. The Morgan fingerprint density at radius 2 is 1.29 bits per heavy atom. The predicted octanol–water partition coefficient (Wildman–Crippen LogP) is -1.10. The molecular weight excluding hydrogens is 328 g/mol. The summed E-state index contributed by atoms with van der Waals surface area (Å²) in [5, 5.41) is 10.1. The third kappa shape index (κ3) is 8.22. The molecule has 0 aromatic heterocycles. The Kier molecular flexibility index (Phi) is 9.25. The van der Waals surface area contributed by atoms with Crippen LogP contribution in [0.2, 0.25) is 0 Å². The molecule has 0 heterocycles. The molecule has 0 aliphatic carbocycles. The second kappa shape index (κ2) is 10.3. The van der Waals surface area contributed by atoms with E-state index in [-0.39, 0.29) is 6.29 Å². The molecule has 24 heavy (non-hydrogen) atoms. The highest BCUT2D eigenvalue weighted by molar-refractivity contribution is 5.72. The number of hydrogen-bond acceptors (Lipinski definition) is 10. The number of aliphatic hydroxyl groups excluding tert-OH is 1. The summed E-state index contributed by atoms with van der Waals surface area (Å²) in [7, 11) is 0. The zero-order valence-corrected chi connectivity index (χ0v) is 13.7. The number of rotatable bonds is 9. The quantitative estimate of drug-likeness (QED) is 0.310. The lowest BCUT2D eigenvalue weighted by atomic mass is 10.0. The van der Waals surface area contributed by atoms with E-state index in [1.807, 2.05) is 0 Å². The van der Waals surface area contributed by atoms with Gasteiger partial charge in [0.25, 0.3) is 0 Å². The van der Waals surface area contributed by atoms with Crippen LogP contribution in [-0.2, 0) is 42.9 Å². The van der Waals surface area contributed by atoms with Gasteiger partial charge in [-0.1, -0.05) is 0 Å². The monoisotopic (exact) mass is 348 g/mol. The maximum atomic E-state index is 11.3. The SMILES string of the molecule is CC(=O)OC[C@@H](O)[C@@H](OC(C)=O)[C@H](OC(C)=O)[C@@H](C=O)OC(C)=O. The van der Waals surface area contributed by atoms with Gasteiger partial charge in [0.15, 0.2) is 24.6 Å². The van der Waals surface area contributed by atoms with Gasteiger partial charge < -0.3 is 24.1 Å². The van der Waals surface area contributed by atoms with E-state index in [9.17, 15) is 29.1 Å². The van der Waals surface area contributed by atoms with E-state index in [0.717, 1.165) is 27.7 Å². The van der Waals surface area contributed by atoms with Crippen molar-refractivity contribution in [2.75, 3.05) is 6.61 Å². The Bertz CT molecular complexity index is 486. The van der Waals surface area contributed by atoms with Crippen LogP contribution >= 0.6 is 0 Å². The van der Waals surface area contributed by atoms with Crippen molar-refractivity contribution in [3.8, 4) is 0 Å². The van der Waals surface area contributed by atoms with Gasteiger partial charge in [0.1, 0.15) is 12.7 Å². The number of carbonyl (C=O) groups excluding carboxylic acids is 5. The Labute approximate surface area is 138 Å². The highest BCUT2D eigenvalue weighted by Gasteiger charge is 2.41. The van der Waals surface area contributed by atoms with Crippen molar-refractivity contribution in [2.45, 2.75) is 52.1 Å². The summed E-state index contributed by atoms with van der Waals surface area (Å²) in [6.45, 7) is 3.52. The smallest absolute Gasteiger partial charge is 0.303 e. The van der Waals surface area contributed by atoms with Crippen LogP contribution < -0.4 is 0 Å². The molecule has 0 radical (unpaired) electrons. The molecule has 0 saturated heterocycles. The third-order valence-electron chi connectivity index (χ3n) is 2.52. The minimum absolute atomic E-state index is 0.157. The van der Waals surface area contributed by atoms with Gasteiger partial charge in [-0.05, 0) is 0 Å². The van der Waals surface area contributed by atoms with Gasteiger partial charge in [-0.3, -0.25) is 24.0 Å². The maximum Gasteiger partial charge on any atom is 0.303 e. The molecule has 0 aromatic rings. The van der Waals surface area contributed by atoms with E-state index in [0.29, 0.717) is 0 Å². The number of esters is 4. The van der Waals surface area contributed by atoms with Crippen molar-refractivity contribution in [3.05, 3.63) is 0 Å². The second-order valence-electron chi connectivity index (χ2n) is 4.73. The van der Waals surface area contributed by atoms with Gasteiger partial charge in [0, 0.05) is 27.7 Å². The van der Waals surface area contributed by atoms with Crippen molar-refractivity contribution in [1.82, 2.24) is 0 Å². The van der Waals surface area contributed by atoms with E-state index in [2.05, 4.69) is 4.74 Å². The van der Waals surface area contributed by atoms with Crippen LogP contribution in [0.1, 0.15) is 27.7 Å². The summed E-state index contributed by atoms with van der Waals surface area (Å²) in [6, 6.07) is 0. The van der Waals surface area contributed by atoms with Crippen LogP contribution in [0.25, 0.3) is 0 Å². The molecule has 0 aliphatic heterocycles. The van der Waals surface area contributed by atoms with Gasteiger partial charge in [-0.25, -0.2) is 0 Å². The first-order valence-corrected chi connectivity index (χ1v) is 6.86. The van der Waals surface area contributed by atoms with Gasteiger partial charge in [0.2, 0.25) is 0 Å². The summed E-state index contributed by atoms with van der Waals surface area (Å²) in [5.74, 6) is -3.32. The summed E-state index contributed by atoms with van der Waals surface area (Å²) in [4.78, 5) is 55.6. The van der Waals surface area contributed by atoms with Crippen LogP contribution in [0.15, 0.2) is 0 Å². The fraction of sp³-hybridized carbons (Fsp3) is 0.643. The topological polar surface area (TPSA) is 143 Å².